The summed E-state index contributed by atoms with van der Waals surface area (Å²) < 4.78 is 32.6. The number of nitrogens with two attached hydrogens (primary N) is 1. The van der Waals surface area contributed by atoms with Gasteiger partial charge in [0.15, 0.2) is 6.10 Å². The molecule has 47 heavy (non-hydrogen) atoms. The maximum absolute atomic E-state index is 12.5. The number of phosphoric acid groups is 1. The molecule has 9 nitrogen and oxygen atoms in total. The highest BCUT2D eigenvalue weighted by atomic mass is 31.2. The number of carbonyl (C=O) groups excluding carboxylic acids is 2. The lowest BCUT2D eigenvalue weighted by atomic mass is 10.0. The molecule has 0 aromatic heterocycles. The van der Waals surface area contributed by atoms with Gasteiger partial charge in [0.25, 0.3) is 0 Å². The highest BCUT2D eigenvalue weighted by molar-refractivity contribution is 7.47. The average Bonchev–Trinajstić information content (AvgIpc) is 3.05. The average molecular weight is 690 g/mol. The van der Waals surface area contributed by atoms with Gasteiger partial charge in [-0.2, -0.15) is 0 Å². The van der Waals surface area contributed by atoms with Crippen molar-refractivity contribution >= 4 is 19.8 Å². The molecule has 0 heterocycles. The molecule has 0 radical (unpaired) electrons. The third kappa shape index (κ3) is 34.4. The van der Waals surface area contributed by atoms with E-state index in [0.717, 1.165) is 32.1 Å². The van der Waals surface area contributed by atoms with Gasteiger partial charge in [0.1, 0.15) is 6.61 Å². The summed E-state index contributed by atoms with van der Waals surface area (Å²) in [6.07, 6.45) is 32.5. The molecular formula is C37H72NO8P. The van der Waals surface area contributed by atoms with Crippen molar-refractivity contribution in [1.82, 2.24) is 0 Å². The van der Waals surface area contributed by atoms with E-state index in [1.54, 1.807) is 0 Å². The Hall–Kier alpha value is -1.25. The van der Waals surface area contributed by atoms with Crippen LogP contribution in [0.1, 0.15) is 181 Å². The smallest absolute Gasteiger partial charge is 0.462 e. The fourth-order valence-electron chi connectivity index (χ4n) is 5.30. The molecule has 0 bridgehead atoms. The summed E-state index contributed by atoms with van der Waals surface area (Å²) in [4.78, 5) is 34.6. The number of allylic oxidation sites excluding steroid dienone is 2. The topological polar surface area (TPSA) is 134 Å². The van der Waals surface area contributed by atoms with E-state index >= 15 is 0 Å². The van der Waals surface area contributed by atoms with Crippen LogP contribution in [0.15, 0.2) is 12.2 Å². The first kappa shape index (κ1) is 45.8. The van der Waals surface area contributed by atoms with E-state index in [1.165, 1.54) is 116 Å². The van der Waals surface area contributed by atoms with E-state index in [0.29, 0.717) is 6.42 Å². The number of hydrogen-bond donors (Lipinski definition) is 2. The minimum Gasteiger partial charge on any atom is -0.462 e. The van der Waals surface area contributed by atoms with Gasteiger partial charge in [-0.15, -0.1) is 0 Å². The number of rotatable bonds is 36. The molecule has 0 aliphatic rings. The maximum Gasteiger partial charge on any atom is 0.472 e. The normalized spacial score (nSPS) is 13.5. The second kappa shape index (κ2) is 34.6. The summed E-state index contributed by atoms with van der Waals surface area (Å²) in [5.74, 6) is -0.880. The van der Waals surface area contributed by atoms with Crippen molar-refractivity contribution in [3.63, 3.8) is 0 Å². The van der Waals surface area contributed by atoms with Crippen LogP contribution >= 0.6 is 7.82 Å². The highest BCUT2D eigenvalue weighted by Gasteiger charge is 2.25. The van der Waals surface area contributed by atoms with Gasteiger partial charge in [-0.1, -0.05) is 154 Å². The van der Waals surface area contributed by atoms with E-state index in [9.17, 15) is 19.0 Å². The lowest BCUT2D eigenvalue weighted by molar-refractivity contribution is -0.161. The van der Waals surface area contributed by atoms with Crippen molar-refractivity contribution < 1.29 is 37.6 Å². The van der Waals surface area contributed by atoms with Crippen LogP contribution in [-0.2, 0) is 32.7 Å². The predicted molar refractivity (Wildman–Crippen MR) is 192 cm³/mol. The highest BCUT2D eigenvalue weighted by Crippen LogP contribution is 2.43. The molecule has 0 aliphatic carbocycles. The fourth-order valence-corrected chi connectivity index (χ4v) is 6.06. The van der Waals surface area contributed by atoms with Crippen LogP contribution in [0.25, 0.3) is 0 Å². The van der Waals surface area contributed by atoms with Crippen LogP contribution in [0.4, 0.5) is 0 Å². The SMILES string of the molecule is CCCCCCCCCCC/C=C\CCC(=O)OC(COC(=O)CCCCCCCCCCCCCCC)COP(=O)(O)OCCN. The standard InChI is InChI=1S/C37H72NO8P/c1-3-5-7-9-11-13-15-17-19-21-23-25-27-29-36(39)43-33-35(34-45-47(41,42)44-32-31-38)46-37(40)30-28-26-24-22-20-18-16-14-12-10-8-6-4-2/h24,26,35H,3-23,25,27-34,38H2,1-2H3,(H,41,42)/b26-24-. The minimum atomic E-state index is -4.37. The Morgan fingerprint density at radius 1 is 0.617 bits per heavy atom. The molecule has 0 saturated heterocycles. The van der Waals surface area contributed by atoms with Gasteiger partial charge in [-0.05, 0) is 25.7 Å². The molecule has 2 atom stereocenters. The zero-order valence-electron chi connectivity index (χ0n) is 30.3. The summed E-state index contributed by atoms with van der Waals surface area (Å²) in [5.41, 5.74) is 5.32. The molecule has 0 spiro atoms. The summed E-state index contributed by atoms with van der Waals surface area (Å²) in [7, 11) is -4.37. The predicted octanol–water partition coefficient (Wildman–Crippen LogP) is 10.3. The number of esters is 2. The first-order valence-electron chi connectivity index (χ1n) is 19.2. The van der Waals surface area contributed by atoms with Crippen molar-refractivity contribution in [3.8, 4) is 0 Å². The Kier molecular flexibility index (Phi) is 33.7. The summed E-state index contributed by atoms with van der Waals surface area (Å²) >= 11 is 0. The maximum atomic E-state index is 12.5. The molecule has 0 aromatic carbocycles. The molecular weight excluding hydrogens is 617 g/mol. The van der Waals surface area contributed by atoms with E-state index in [2.05, 4.69) is 19.9 Å². The molecule has 0 fully saturated rings. The van der Waals surface area contributed by atoms with Crippen molar-refractivity contribution in [2.45, 2.75) is 187 Å². The minimum absolute atomic E-state index is 0.0514. The summed E-state index contributed by atoms with van der Waals surface area (Å²) in [5, 5.41) is 0. The molecule has 2 unspecified atom stereocenters. The Labute approximate surface area is 288 Å². The van der Waals surface area contributed by atoms with Crippen LogP contribution < -0.4 is 5.73 Å². The Balaban J connectivity index is 4.25. The summed E-state index contributed by atoms with van der Waals surface area (Å²) in [6, 6.07) is 0. The number of phosphoric ester groups is 1. The van der Waals surface area contributed by atoms with Gasteiger partial charge >= 0.3 is 19.8 Å². The third-order valence-electron chi connectivity index (χ3n) is 8.16. The molecule has 278 valence electrons. The third-order valence-corrected chi connectivity index (χ3v) is 9.15. The second-order valence-electron chi connectivity index (χ2n) is 12.8. The van der Waals surface area contributed by atoms with Crippen LogP contribution in [-0.4, -0.2) is 49.3 Å². The summed E-state index contributed by atoms with van der Waals surface area (Å²) in [6.45, 7) is 3.69. The lowest BCUT2D eigenvalue weighted by Gasteiger charge is -2.19. The van der Waals surface area contributed by atoms with Gasteiger partial charge in [-0.3, -0.25) is 18.6 Å². The van der Waals surface area contributed by atoms with Crippen molar-refractivity contribution in [1.29, 1.82) is 0 Å². The zero-order chi connectivity index (χ0) is 34.7. The molecule has 0 aliphatic heterocycles. The van der Waals surface area contributed by atoms with Gasteiger partial charge in [0, 0.05) is 19.4 Å². The number of hydrogen-bond acceptors (Lipinski definition) is 8. The molecule has 10 heteroatoms. The van der Waals surface area contributed by atoms with Gasteiger partial charge in [-0.25, -0.2) is 4.57 Å². The molecule has 0 rings (SSSR count). The van der Waals surface area contributed by atoms with Crippen LogP contribution in [0.3, 0.4) is 0 Å². The van der Waals surface area contributed by atoms with Gasteiger partial charge in [0.2, 0.25) is 0 Å². The first-order valence-corrected chi connectivity index (χ1v) is 20.7. The van der Waals surface area contributed by atoms with Crippen molar-refractivity contribution in [3.05, 3.63) is 12.2 Å². The Morgan fingerprint density at radius 3 is 1.60 bits per heavy atom. The number of ether oxygens (including phenoxy) is 2. The van der Waals surface area contributed by atoms with E-state index in [-0.39, 0.29) is 38.6 Å². The molecule has 0 saturated carbocycles. The van der Waals surface area contributed by atoms with Crippen LogP contribution in [0, 0.1) is 0 Å². The quantitative estimate of drug-likeness (QED) is 0.0285. The van der Waals surface area contributed by atoms with Crippen molar-refractivity contribution in [2.75, 3.05) is 26.4 Å². The largest absolute Gasteiger partial charge is 0.472 e. The Morgan fingerprint density at radius 2 is 1.09 bits per heavy atom. The Bertz CT molecular complexity index is 794. The van der Waals surface area contributed by atoms with Crippen molar-refractivity contribution in [2.24, 2.45) is 5.73 Å². The van der Waals surface area contributed by atoms with E-state index in [4.69, 9.17) is 24.3 Å². The molecule has 0 aromatic rings. The molecule has 0 amide bonds. The number of unbranched alkanes of at least 4 members (excludes halogenated alkanes) is 21. The lowest BCUT2D eigenvalue weighted by Crippen LogP contribution is -2.29. The van der Waals surface area contributed by atoms with Crippen LogP contribution in [0.2, 0.25) is 0 Å². The zero-order valence-corrected chi connectivity index (χ0v) is 31.2. The van der Waals surface area contributed by atoms with E-state index < -0.39 is 26.5 Å². The van der Waals surface area contributed by atoms with Crippen LogP contribution in [0.5, 0.6) is 0 Å². The first-order chi connectivity index (χ1) is 22.8. The molecule has 3 N–H and O–H groups in total. The number of carbonyl (C=O) groups is 2. The van der Waals surface area contributed by atoms with Gasteiger partial charge in [0.05, 0.1) is 13.2 Å². The van der Waals surface area contributed by atoms with E-state index in [1.807, 2.05) is 6.08 Å². The second-order valence-corrected chi connectivity index (χ2v) is 14.3. The van der Waals surface area contributed by atoms with Gasteiger partial charge < -0.3 is 20.1 Å². The fraction of sp³-hybridized carbons (Fsp3) is 0.892. The monoisotopic (exact) mass is 689 g/mol.